The van der Waals surface area contributed by atoms with Crippen LogP contribution in [0.1, 0.15) is 16.7 Å². The molecule has 0 unspecified atom stereocenters. The summed E-state index contributed by atoms with van der Waals surface area (Å²) in [7, 11) is 2.15. The van der Waals surface area contributed by atoms with E-state index in [1.165, 1.54) is 17.7 Å². The van der Waals surface area contributed by atoms with E-state index in [1.807, 2.05) is 12.1 Å². The van der Waals surface area contributed by atoms with Gasteiger partial charge in [-0.3, -0.25) is 4.90 Å². The summed E-state index contributed by atoms with van der Waals surface area (Å²) in [6.07, 6.45) is -4.29. The van der Waals surface area contributed by atoms with Crippen LogP contribution in [0, 0.1) is 0 Å². The summed E-state index contributed by atoms with van der Waals surface area (Å²) in [6.45, 7) is 5.83. The molecule has 0 amide bonds. The highest BCUT2D eigenvalue weighted by Gasteiger charge is 2.29. The van der Waals surface area contributed by atoms with Gasteiger partial charge in [0.25, 0.3) is 0 Å². The largest absolute Gasteiger partial charge is 0.416 e. The van der Waals surface area contributed by atoms with Crippen LogP contribution in [-0.2, 0) is 19.3 Å². The van der Waals surface area contributed by atoms with E-state index in [0.29, 0.717) is 6.54 Å². The zero-order valence-corrected chi connectivity index (χ0v) is 14.9. The third-order valence-corrected chi connectivity index (χ3v) is 4.73. The van der Waals surface area contributed by atoms with Gasteiger partial charge < -0.3 is 10.2 Å². The lowest BCUT2D eigenvalue weighted by atomic mass is 10.1. The van der Waals surface area contributed by atoms with Gasteiger partial charge in [-0.1, -0.05) is 24.3 Å². The number of nitrogens with zero attached hydrogens (tertiary/aromatic N) is 2. The molecule has 1 aliphatic heterocycles. The number of hydrogen-bond donors (Lipinski definition) is 1. The van der Waals surface area contributed by atoms with E-state index in [0.717, 1.165) is 56.1 Å². The molecule has 1 fully saturated rings. The number of anilines is 1. The van der Waals surface area contributed by atoms with E-state index < -0.39 is 11.7 Å². The Morgan fingerprint density at radius 2 is 1.42 bits per heavy atom. The minimum Gasteiger partial charge on any atom is -0.381 e. The monoisotopic (exact) mass is 363 g/mol. The fourth-order valence-corrected chi connectivity index (χ4v) is 3.01. The van der Waals surface area contributed by atoms with E-state index in [2.05, 4.69) is 34.3 Å². The Kier molecular flexibility index (Phi) is 5.84. The second-order valence-corrected chi connectivity index (χ2v) is 6.82. The van der Waals surface area contributed by atoms with Crippen LogP contribution in [0.15, 0.2) is 48.5 Å². The van der Waals surface area contributed by atoms with Gasteiger partial charge in [0.1, 0.15) is 0 Å². The Morgan fingerprint density at radius 3 is 2.00 bits per heavy atom. The summed E-state index contributed by atoms with van der Waals surface area (Å²) in [5.74, 6) is 0. The van der Waals surface area contributed by atoms with Gasteiger partial charge >= 0.3 is 6.18 Å². The molecule has 0 atom stereocenters. The van der Waals surface area contributed by atoms with Crippen molar-refractivity contribution < 1.29 is 13.2 Å². The predicted molar refractivity (Wildman–Crippen MR) is 98.0 cm³/mol. The van der Waals surface area contributed by atoms with E-state index in [-0.39, 0.29) is 0 Å². The van der Waals surface area contributed by atoms with Crippen molar-refractivity contribution in [3.63, 3.8) is 0 Å². The molecule has 0 bridgehead atoms. The van der Waals surface area contributed by atoms with Crippen molar-refractivity contribution in [3.8, 4) is 0 Å². The molecule has 1 saturated heterocycles. The van der Waals surface area contributed by atoms with Crippen molar-refractivity contribution in [2.45, 2.75) is 19.3 Å². The number of nitrogens with one attached hydrogen (secondary N) is 1. The molecular weight excluding hydrogens is 339 g/mol. The molecule has 1 heterocycles. The standard InChI is InChI=1S/C20H24F3N3/c1-25-10-12-26(13-11-25)15-17-4-8-19(9-5-17)24-14-16-2-6-18(7-3-16)20(21,22)23/h2-9,24H,10-15H2,1H3. The average Bonchev–Trinajstić information content (AvgIpc) is 2.63. The summed E-state index contributed by atoms with van der Waals surface area (Å²) in [5.41, 5.74) is 2.44. The first kappa shape index (κ1) is 18.7. The van der Waals surface area contributed by atoms with Gasteiger partial charge in [0, 0.05) is 45.0 Å². The van der Waals surface area contributed by atoms with E-state index in [9.17, 15) is 13.2 Å². The van der Waals surface area contributed by atoms with Crippen molar-refractivity contribution in [2.75, 3.05) is 38.5 Å². The molecule has 0 spiro atoms. The molecule has 0 saturated carbocycles. The number of piperazine rings is 1. The zero-order valence-electron chi connectivity index (χ0n) is 14.9. The smallest absolute Gasteiger partial charge is 0.381 e. The highest BCUT2D eigenvalue weighted by molar-refractivity contribution is 5.45. The van der Waals surface area contributed by atoms with E-state index >= 15 is 0 Å². The minimum atomic E-state index is -4.29. The highest BCUT2D eigenvalue weighted by atomic mass is 19.4. The quantitative estimate of drug-likeness (QED) is 0.864. The number of halogens is 3. The van der Waals surface area contributed by atoms with Gasteiger partial charge in [-0.2, -0.15) is 13.2 Å². The molecule has 1 aliphatic rings. The lowest BCUT2D eigenvalue weighted by Gasteiger charge is -2.32. The fraction of sp³-hybridized carbons (Fsp3) is 0.400. The summed E-state index contributed by atoms with van der Waals surface area (Å²) < 4.78 is 37.7. The molecular formula is C20H24F3N3. The summed E-state index contributed by atoms with van der Waals surface area (Å²) >= 11 is 0. The molecule has 1 N–H and O–H groups in total. The Hall–Kier alpha value is -2.05. The first-order valence-electron chi connectivity index (χ1n) is 8.80. The van der Waals surface area contributed by atoms with Gasteiger partial charge in [-0.25, -0.2) is 0 Å². The molecule has 2 aromatic carbocycles. The first-order valence-corrected chi connectivity index (χ1v) is 8.80. The van der Waals surface area contributed by atoms with Crippen LogP contribution in [0.3, 0.4) is 0 Å². The van der Waals surface area contributed by atoms with Crippen molar-refractivity contribution in [1.29, 1.82) is 0 Å². The molecule has 140 valence electrons. The van der Waals surface area contributed by atoms with Crippen molar-refractivity contribution in [1.82, 2.24) is 9.80 Å². The lowest BCUT2D eigenvalue weighted by molar-refractivity contribution is -0.137. The maximum absolute atomic E-state index is 12.6. The normalized spacial score (nSPS) is 16.6. The molecule has 6 heteroatoms. The molecule has 3 nitrogen and oxygen atoms in total. The molecule has 0 aliphatic carbocycles. The maximum atomic E-state index is 12.6. The number of likely N-dealkylation sites (N-methyl/N-ethyl adjacent to an activating group) is 1. The van der Waals surface area contributed by atoms with Crippen LogP contribution >= 0.6 is 0 Å². The Bertz CT molecular complexity index is 688. The van der Waals surface area contributed by atoms with Gasteiger partial charge in [0.05, 0.1) is 5.56 Å². The van der Waals surface area contributed by atoms with E-state index in [4.69, 9.17) is 0 Å². The van der Waals surface area contributed by atoms with Gasteiger partial charge in [-0.15, -0.1) is 0 Å². The second kappa shape index (κ2) is 8.10. The summed E-state index contributed by atoms with van der Waals surface area (Å²) in [4.78, 5) is 4.79. The topological polar surface area (TPSA) is 18.5 Å². The fourth-order valence-electron chi connectivity index (χ4n) is 3.01. The van der Waals surface area contributed by atoms with Crippen LogP contribution in [0.5, 0.6) is 0 Å². The van der Waals surface area contributed by atoms with Crippen LogP contribution in [0.4, 0.5) is 18.9 Å². The zero-order chi connectivity index (χ0) is 18.6. The van der Waals surface area contributed by atoms with E-state index in [1.54, 1.807) is 0 Å². The number of alkyl halides is 3. The second-order valence-electron chi connectivity index (χ2n) is 6.82. The van der Waals surface area contributed by atoms with Crippen LogP contribution in [0.2, 0.25) is 0 Å². The SMILES string of the molecule is CN1CCN(Cc2ccc(NCc3ccc(C(F)(F)F)cc3)cc2)CC1. The summed E-state index contributed by atoms with van der Waals surface area (Å²) in [5, 5.41) is 3.25. The third-order valence-electron chi connectivity index (χ3n) is 4.73. The lowest BCUT2D eigenvalue weighted by Crippen LogP contribution is -2.43. The van der Waals surface area contributed by atoms with Gasteiger partial charge in [0.2, 0.25) is 0 Å². The third kappa shape index (κ3) is 5.22. The Labute approximate surface area is 152 Å². The average molecular weight is 363 g/mol. The molecule has 0 radical (unpaired) electrons. The molecule has 0 aromatic heterocycles. The van der Waals surface area contributed by atoms with Crippen molar-refractivity contribution >= 4 is 5.69 Å². The first-order chi connectivity index (χ1) is 12.4. The van der Waals surface area contributed by atoms with Gasteiger partial charge in [0.15, 0.2) is 0 Å². The molecule has 26 heavy (non-hydrogen) atoms. The van der Waals surface area contributed by atoms with Crippen molar-refractivity contribution in [3.05, 3.63) is 65.2 Å². The minimum absolute atomic E-state index is 0.496. The Balaban J connectivity index is 1.50. The predicted octanol–water partition coefficient (Wildman–Crippen LogP) is 4.06. The Morgan fingerprint density at radius 1 is 0.846 bits per heavy atom. The van der Waals surface area contributed by atoms with Crippen LogP contribution < -0.4 is 5.32 Å². The number of benzene rings is 2. The van der Waals surface area contributed by atoms with Crippen molar-refractivity contribution in [2.24, 2.45) is 0 Å². The van der Waals surface area contributed by atoms with Gasteiger partial charge in [-0.05, 0) is 42.4 Å². The maximum Gasteiger partial charge on any atom is 0.416 e. The number of rotatable bonds is 5. The molecule has 2 aromatic rings. The highest BCUT2D eigenvalue weighted by Crippen LogP contribution is 2.29. The summed E-state index contributed by atoms with van der Waals surface area (Å²) in [6, 6.07) is 13.5. The van der Waals surface area contributed by atoms with Crippen LogP contribution in [-0.4, -0.2) is 43.0 Å². The number of hydrogen-bond acceptors (Lipinski definition) is 3. The van der Waals surface area contributed by atoms with Crippen LogP contribution in [0.25, 0.3) is 0 Å². The molecule has 3 rings (SSSR count).